The summed E-state index contributed by atoms with van der Waals surface area (Å²) in [5.41, 5.74) is -0.683. The quantitative estimate of drug-likeness (QED) is 0.800. The fourth-order valence-electron chi connectivity index (χ4n) is 1.42. The molecule has 0 spiro atoms. The van der Waals surface area contributed by atoms with Gasteiger partial charge in [0.1, 0.15) is 11.4 Å². The number of nitrogens with zero attached hydrogens (tertiary/aromatic N) is 1. The Hall–Kier alpha value is -1.08. The second-order valence-electron chi connectivity index (χ2n) is 5.17. The lowest BCUT2D eigenvalue weighted by atomic mass is 10.2. The largest absolute Gasteiger partial charge is 0.495 e. The first kappa shape index (κ1) is 17.0. The van der Waals surface area contributed by atoms with E-state index in [1.165, 1.54) is 13.4 Å². The zero-order valence-electron chi connectivity index (χ0n) is 12.1. The smallest absolute Gasteiger partial charge is 0.442 e. The van der Waals surface area contributed by atoms with Gasteiger partial charge in [-0.15, -0.1) is 4.36 Å². The number of rotatable bonds is 2. The van der Waals surface area contributed by atoms with Gasteiger partial charge in [-0.3, -0.25) is 0 Å². The minimum absolute atomic E-state index is 0.347. The molecule has 0 fully saturated rings. The van der Waals surface area contributed by atoms with E-state index in [9.17, 15) is 9.00 Å². The average Bonchev–Trinajstić information content (AvgIpc) is 2.25. The highest BCUT2D eigenvalue weighted by atomic mass is 79.9. The summed E-state index contributed by atoms with van der Waals surface area (Å²) in [4.78, 5) is 12.1. The molecule has 0 aliphatic heterocycles. The molecule has 0 bridgehead atoms. The lowest BCUT2D eigenvalue weighted by Crippen LogP contribution is -2.22. The average molecular weight is 364 g/mol. The molecule has 0 aromatic heterocycles. The fraction of sp³-hybridized carbons (Fsp3) is 0.462. The molecule has 1 atom stereocenters. The van der Waals surface area contributed by atoms with E-state index in [0.717, 1.165) is 4.47 Å². The van der Waals surface area contributed by atoms with Gasteiger partial charge in [0.15, 0.2) is 0 Å². The van der Waals surface area contributed by atoms with Crippen LogP contribution in [0.3, 0.4) is 0 Å². The Morgan fingerprint density at radius 2 is 1.95 bits per heavy atom. The van der Waals surface area contributed by atoms with Crippen molar-refractivity contribution in [2.45, 2.75) is 31.3 Å². The number of halogens is 1. The minimum atomic E-state index is -2.95. The summed E-state index contributed by atoms with van der Waals surface area (Å²) in [6, 6.07) is 5.04. The van der Waals surface area contributed by atoms with Gasteiger partial charge in [-0.1, -0.05) is 15.9 Å². The summed E-state index contributed by atoms with van der Waals surface area (Å²) in [6.45, 7) is 5.16. The van der Waals surface area contributed by atoms with Crippen molar-refractivity contribution in [1.29, 1.82) is 0 Å². The zero-order valence-corrected chi connectivity index (χ0v) is 14.5. The number of hydrogen-bond donors (Lipinski definition) is 0. The predicted molar refractivity (Wildman–Crippen MR) is 81.7 cm³/mol. The molecule has 0 heterocycles. The SMILES string of the molecule is COc1ccc(Br)cc1[S@](C)(=O)=NC(=O)OC(C)(C)C. The van der Waals surface area contributed by atoms with Gasteiger partial charge in [-0.05, 0) is 39.0 Å². The van der Waals surface area contributed by atoms with E-state index in [1.54, 1.807) is 39.0 Å². The molecule has 5 nitrogen and oxygen atoms in total. The van der Waals surface area contributed by atoms with Crippen molar-refractivity contribution >= 4 is 31.8 Å². The minimum Gasteiger partial charge on any atom is -0.495 e. The molecule has 0 saturated heterocycles. The predicted octanol–water partition coefficient (Wildman–Crippen LogP) is 3.85. The number of benzene rings is 1. The van der Waals surface area contributed by atoms with Crippen LogP contribution in [-0.2, 0) is 14.5 Å². The van der Waals surface area contributed by atoms with Gasteiger partial charge < -0.3 is 9.47 Å². The Kier molecular flexibility index (Phi) is 5.21. The highest BCUT2D eigenvalue weighted by Crippen LogP contribution is 2.28. The number of hydrogen-bond acceptors (Lipinski definition) is 4. The zero-order chi connectivity index (χ0) is 15.6. The van der Waals surface area contributed by atoms with Gasteiger partial charge in [0.05, 0.1) is 21.7 Å². The van der Waals surface area contributed by atoms with Crippen LogP contribution in [0.4, 0.5) is 4.79 Å². The normalized spacial score (nSPS) is 14.3. The molecule has 0 saturated carbocycles. The van der Waals surface area contributed by atoms with Gasteiger partial charge >= 0.3 is 6.09 Å². The lowest BCUT2D eigenvalue weighted by Gasteiger charge is -2.18. The Labute approximate surface area is 128 Å². The molecule has 1 aromatic carbocycles. The molecule has 1 rings (SSSR count). The van der Waals surface area contributed by atoms with Crippen LogP contribution in [0, 0.1) is 0 Å². The van der Waals surface area contributed by atoms with E-state index < -0.39 is 21.4 Å². The molecular formula is C13H18BrNO4S. The van der Waals surface area contributed by atoms with Gasteiger partial charge in [0.25, 0.3) is 0 Å². The highest BCUT2D eigenvalue weighted by Gasteiger charge is 2.20. The molecule has 7 heteroatoms. The van der Waals surface area contributed by atoms with Crippen molar-refractivity contribution in [2.75, 3.05) is 13.4 Å². The standard InChI is InChI=1S/C13H18BrNO4S/c1-13(2,3)19-12(16)15-20(5,17)11-8-9(14)6-7-10(11)18-4/h6-8H,1-5H3/t20-/m0/s1. The van der Waals surface area contributed by atoms with Crippen LogP contribution in [0.2, 0.25) is 0 Å². The molecule has 0 N–H and O–H groups in total. The molecule has 0 aliphatic carbocycles. The van der Waals surface area contributed by atoms with Crippen molar-refractivity contribution in [3.05, 3.63) is 22.7 Å². The van der Waals surface area contributed by atoms with Crippen LogP contribution >= 0.6 is 15.9 Å². The first-order valence-corrected chi connectivity index (χ1v) is 8.55. The van der Waals surface area contributed by atoms with Crippen molar-refractivity contribution in [1.82, 2.24) is 0 Å². The maximum atomic E-state index is 12.6. The summed E-state index contributed by atoms with van der Waals surface area (Å²) in [6.07, 6.45) is 0.522. The van der Waals surface area contributed by atoms with E-state index >= 15 is 0 Å². The van der Waals surface area contributed by atoms with Crippen molar-refractivity contribution in [3.63, 3.8) is 0 Å². The summed E-state index contributed by atoms with van der Waals surface area (Å²) in [5, 5.41) is 0. The molecule has 20 heavy (non-hydrogen) atoms. The van der Waals surface area contributed by atoms with Crippen LogP contribution in [-0.4, -0.2) is 29.3 Å². The van der Waals surface area contributed by atoms with Crippen LogP contribution in [0.1, 0.15) is 20.8 Å². The van der Waals surface area contributed by atoms with E-state index in [0.29, 0.717) is 10.6 Å². The highest BCUT2D eigenvalue weighted by molar-refractivity contribution is 9.10. The Morgan fingerprint density at radius 1 is 1.35 bits per heavy atom. The summed E-state index contributed by atoms with van der Waals surface area (Å²) in [5.74, 6) is 0.410. The molecule has 0 radical (unpaired) electrons. The van der Waals surface area contributed by atoms with Crippen molar-refractivity contribution < 1.29 is 18.5 Å². The Morgan fingerprint density at radius 3 is 2.45 bits per heavy atom. The van der Waals surface area contributed by atoms with Crippen molar-refractivity contribution in [3.8, 4) is 5.75 Å². The van der Waals surface area contributed by atoms with Gasteiger partial charge in [0, 0.05) is 10.7 Å². The second-order valence-corrected chi connectivity index (χ2v) is 8.31. The topological polar surface area (TPSA) is 65.0 Å². The molecule has 0 aliphatic rings. The molecule has 1 aromatic rings. The van der Waals surface area contributed by atoms with Crippen LogP contribution in [0.15, 0.2) is 31.9 Å². The van der Waals surface area contributed by atoms with Gasteiger partial charge in [-0.2, -0.15) is 0 Å². The summed E-state index contributed by atoms with van der Waals surface area (Å²) >= 11 is 3.29. The number of carbonyl (C=O) groups excluding carboxylic acids is 1. The first-order valence-electron chi connectivity index (χ1n) is 5.84. The molecule has 1 amide bonds. The third-order valence-corrected chi connectivity index (χ3v) is 4.30. The molecular weight excluding hydrogens is 346 g/mol. The van der Waals surface area contributed by atoms with Crippen LogP contribution in [0.25, 0.3) is 0 Å². The van der Waals surface area contributed by atoms with Crippen LogP contribution < -0.4 is 4.74 Å². The maximum Gasteiger partial charge on any atom is 0.442 e. The van der Waals surface area contributed by atoms with Crippen molar-refractivity contribution in [2.24, 2.45) is 4.36 Å². The Bertz CT molecular complexity index is 628. The molecule has 112 valence electrons. The second kappa shape index (κ2) is 6.13. The third kappa shape index (κ3) is 4.79. The van der Waals surface area contributed by atoms with Gasteiger partial charge in [-0.25, -0.2) is 9.00 Å². The number of methoxy groups -OCH3 is 1. The third-order valence-electron chi connectivity index (χ3n) is 2.18. The molecule has 0 unspecified atom stereocenters. The number of carbonyl (C=O) groups is 1. The van der Waals surface area contributed by atoms with E-state index in [-0.39, 0.29) is 0 Å². The first-order chi connectivity index (χ1) is 9.05. The monoisotopic (exact) mass is 363 g/mol. The maximum absolute atomic E-state index is 12.6. The Balaban J connectivity index is 3.26. The van der Waals surface area contributed by atoms with E-state index in [1.807, 2.05) is 0 Å². The van der Waals surface area contributed by atoms with Crippen LogP contribution in [0.5, 0.6) is 5.75 Å². The number of ether oxygens (including phenoxy) is 2. The van der Waals surface area contributed by atoms with E-state index in [4.69, 9.17) is 9.47 Å². The summed E-state index contributed by atoms with van der Waals surface area (Å²) in [7, 11) is -1.48. The van der Waals surface area contributed by atoms with Gasteiger partial charge in [0.2, 0.25) is 0 Å². The fourth-order valence-corrected chi connectivity index (χ4v) is 3.22. The van der Waals surface area contributed by atoms with E-state index in [2.05, 4.69) is 20.3 Å². The lowest BCUT2D eigenvalue weighted by molar-refractivity contribution is 0.0607. The number of amides is 1. The summed E-state index contributed by atoms with van der Waals surface area (Å²) < 4.78 is 27.3.